The number of fused-ring (bicyclic) bond motifs is 2. The predicted molar refractivity (Wildman–Crippen MR) is 89.1 cm³/mol. The molecule has 0 fully saturated rings. The Labute approximate surface area is 131 Å². The molecule has 0 aromatic heterocycles. The van der Waals surface area contributed by atoms with Crippen molar-refractivity contribution in [3.8, 4) is 0 Å². The highest BCUT2D eigenvalue weighted by atomic mass is 16.4. The first-order chi connectivity index (χ1) is 10.5. The van der Waals surface area contributed by atoms with E-state index >= 15 is 0 Å². The van der Waals surface area contributed by atoms with Crippen LogP contribution in [0.15, 0.2) is 36.4 Å². The molecule has 22 heavy (non-hydrogen) atoms. The molecular formula is C19H21NO2. The molecule has 1 heterocycles. The van der Waals surface area contributed by atoms with Gasteiger partial charge in [-0.25, -0.2) is 4.79 Å². The molecular weight excluding hydrogens is 274 g/mol. The lowest BCUT2D eigenvalue weighted by Gasteiger charge is -2.12. The minimum Gasteiger partial charge on any atom is -0.478 e. The molecule has 0 bridgehead atoms. The standard InChI is InChI=1S/C19H21NO2/c1-12(2)9-13-3-7-17-14(10-13)4-5-15-11-16(19(21)22)6-8-18(15)20-17/h3,6-8,10-12,20H,4-5,9H2,1-2H3,(H,21,22). The summed E-state index contributed by atoms with van der Waals surface area (Å²) in [6, 6.07) is 11.9. The third-order valence-electron chi connectivity index (χ3n) is 4.10. The Balaban J connectivity index is 1.91. The lowest BCUT2D eigenvalue weighted by atomic mass is 9.97. The zero-order valence-corrected chi connectivity index (χ0v) is 13.0. The van der Waals surface area contributed by atoms with Crippen LogP contribution in [-0.4, -0.2) is 11.1 Å². The molecule has 0 spiro atoms. The van der Waals surface area contributed by atoms with Crippen molar-refractivity contribution in [2.75, 3.05) is 5.32 Å². The van der Waals surface area contributed by atoms with E-state index in [0.717, 1.165) is 36.2 Å². The molecule has 1 aliphatic rings. The second kappa shape index (κ2) is 5.84. The van der Waals surface area contributed by atoms with Crippen LogP contribution in [0.3, 0.4) is 0 Å². The summed E-state index contributed by atoms with van der Waals surface area (Å²) in [5.41, 5.74) is 6.25. The first-order valence-electron chi connectivity index (χ1n) is 7.78. The molecule has 0 saturated heterocycles. The number of anilines is 2. The third-order valence-corrected chi connectivity index (χ3v) is 4.10. The van der Waals surface area contributed by atoms with E-state index in [0.29, 0.717) is 11.5 Å². The highest BCUT2D eigenvalue weighted by molar-refractivity contribution is 5.89. The van der Waals surface area contributed by atoms with Gasteiger partial charge in [0, 0.05) is 11.4 Å². The number of carboxylic acid groups (broad SMARTS) is 1. The van der Waals surface area contributed by atoms with Crippen LogP contribution in [0.4, 0.5) is 11.4 Å². The Hall–Kier alpha value is -2.29. The number of benzene rings is 2. The van der Waals surface area contributed by atoms with Gasteiger partial charge in [-0.3, -0.25) is 0 Å². The van der Waals surface area contributed by atoms with Gasteiger partial charge in [-0.05, 0) is 66.1 Å². The van der Waals surface area contributed by atoms with Crippen LogP contribution in [0.2, 0.25) is 0 Å². The topological polar surface area (TPSA) is 49.3 Å². The molecule has 3 rings (SSSR count). The smallest absolute Gasteiger partial charge is 0.335 e. The van der Waals surface area contributed by atoms with Crippen LogP contribution in [0.25, 0.3) is 0 Å². The van der Waals surface area contributed by atoms with Crippen molar-refractivity contribution in [3.05, 3.63) is 58.7 Å². The monoisotopic (exact) mass is 295 g/mol. The van der Waals surface area contributed by atoms with Crippen molar-refractivity contribution in [1.29, 1.82) is 0 Å². The maximum atomic E-state index is 11.1. The van der Waals surface area contributed by atoms with Crippen LogP contribution in [-0.2, 0) is 19.3 Å². The predicted octanol–water partition coefficient (Wildman–Crippen LogP) is 4.43. The summed E-state index contributed by atoms with van der Waals surface area (Å²) in [6.07, 6.45) is 2.88. The zero-order valence-electron chi connectivity index (χ0n) is 13.0. The highest BCUT2D eigenvalue weighted by Crippen LogP contribution is 2.31. The normalized spacial score (nSPS) is 13.0. The van der Waals surface area contributed by atoms with Crippen molar-refractivity contribution in [1.82, 2.24) is 0 Å². The minimum atomic E-state index is -0.871. The van der Waals surface area contributed by atoms with Gasteiger partial charge in [0.25, 0.3) is 0 Å². The van der Waals surface area contributed by atoms with E-state index in [9.17, 15) is 4.79 Å². The molecule has 0 atom stereocenters. The van der Waals surface area contributed by atoms with E-state index < -0.39 is 5.97 Å². The molecule has 2 N–H and O–H groups in total. The first kappa shape index (κ1) is 14.6. The largest absolute Gasteiger partial charge is 0.478 e. The minimum absolute atomic E-state index is 0.354. The summed E-state index contributed by atoms with van der Waals surface area (Å²) < 4.78 is 0. The van der Waals surface area contributed by atoms with Gasteiger partial charge in [0.1, 0.15) is 0 Å². The fraction of sp³-hybridized carbons (Fsp3) is 0.316. The zero-order chi connectivity index (χ0) is 15.7. The lowest BCUT2D eigenvalue weighted by Crippen LogP contribution is -2.00. The number of rotatable bonds is 3. The molecule has 1 aliphatic heterocycles. The van der Waals surface area contributed by atoms with E-state index in [1.165, 1.54) is 11.1 Å². The summed E-state index contributed by atoms with van der Waals surface area (Å²) in [7, 11) is 0. The SMILES string of the molecule is CC(C)Cc1ccc2c(c1)CCc1cc(C(=O)O)ccc1N2. The van der Waals surface area contributed by atoms with E-state index in [1.54, 1.807) is 12.1 Å². The Bertz CT molecular complexity index is 719. The van der Waals surface area contributed by atoms with E-state index in [1.807, 2.05) is 6.07 Å². The molecule has 0 aliphatic carbocycles. The average Bonchev–Trinajstić information content (AvgIpc) is 2.64. The van der Waals surface area contributed by atoms with Crippen molar-refractivity contribution < 1.29 is 9.90 Å². The molecule has 2 aromatic rings. The van der Waals surface area contributed by atoms with Crippen molar-refractivity contribution in [3.63, 3.8) is 0 Å². The van der Waals surface area contributed by atoms with Gasteiger partial charge in [-0.2, -0.15) is 0 Å². The van der Waals surface area contributed by atoms with Crippen LogP contribution >= 0.6 is 0 Å². The molecule has 0 amide bonds. The second-order valence-electron chi connectivity index (χ2n) is 6.39. The molecule has 0 unspecified atom stereocenters. The van der Waals surface area contributed by atoms with Gasteiger partial charge in [0.05, 0.1) is 5.56 Å². The maximum absolute atomic E-state index is 11.1. The number of nitrogens with one attached hydrogen (secondary N) is 1. The van der Waals surface area contributed by atoms with Crippen LogP contribution in [0.1, 0.15) is 40.9 Å². The fourth-order valence-electron chi connectivity index (χ4n) is 3.04. The second-order valence-corrected chi connectivity index (χ2v) is 6.39. The molecule has 3 nitrogen and oxygen atoms in total. The fourth-order valence-corrected chi connectivity index (χ4v) is 3.04. The summed E-state index contributed by atoms with van der Waals surface area (Å²) in [5.74, 6) is -0.226. The third kappa shape index (κ3) is 2.98. The summed E-state index contributed by atoms with van der Waals surface area (Å²) in [4.78, 5) is 11.1. The van der Waals surface area contributed by atoms with Crippen LogP contribution < -0.4 is 5.32 Å². The summed E-state index contributed by atoms with van der Waals surface area (Å²) in [5, 5.41) is 12.6. The van der Waals surface area contributed by atoms with Crippen molar-refractivity contribution >= 4 is 17.3 Å². The molecule has 2 aromatic carbocycles. The van der Waals surface area contributed by atoms with Crippen molar-refractivity contribution in [2.45, 2.75) is 33.1 Å². The first-order valence-corrected chi connectivity index (χ1v) is 7.78. The average molecular weight is 295 g/mol. The number of aryl methyl sites for hydroxylation is 2. The van der Waals surface area contributed by atoms with E-state index in [4.69, 9.17) is 5.11 Å². The molecule has 3 heteroatoms. The number of hydrogen-bond acceptors (Lipinski definition) is 2. The van der Waals surface area contributed by atoms with E-state index in [2.05, 4.69) is 37.4 Å². The highest BCUT2D eigenvalue weighted by Gasteiger charge is 2.15. The molecule has 0 saturated carbocycles. The van der Waals surface area contributed by atoms with Gasteiger partial charge in [-0.1, -0.05) is 26.0 Å². The van der Waals surface area contributed by atoms with Gasteiger partial charge in [0.15, 0.2) is 0 Å². The molecule has 0 radical (unpaired) electrons. The van der Waals surface area contributed by atoms with Gasteiger partial charge in [0.2, 0.25) is 0 Å². The Morgan fingerprint density at radius 2 is 1.73 bits per heavy atom. The van der Waals surface area contributed by atoms with Gasteiger partial charge < -0.3 is 10.4 Å². The Kier molecular flexibility index (Phi) is 3.88. The summed E-state index contributed by atoms with van der Waals surface area (Å²) >= 11 is 0. The van der Waals surface area contributed by atoms with Gasteiger partial charge >= 0.3 is 5.97 Å². The number of carboxylic acids is 1. The summed E-state index contributed by atoms with van der Waals surface area (Å²) in [6.45, 7) is 4.46. The Morgan fingerprint density at radius 3 is 2.36 bits per heavy atom. The Morgan fingerprint density at radius 1 is 1.09 bits per heavy atom. The van der Waals surface area contributed by atoms with Crippen LogP contribution in [0, 0.1) is 5.92 Å². The van der Waals surface area contributed by atoms with Gasteiger partial charge in [-0.15, -0.1) is 0 Å². The molecule has 114 valence electrons. The number of hydrogen-bond donors (Lipinski definition) is 2. The van der Waals surface area contributed by atoms with Crippen LogP contribution in [0.5, 0.6) is 0 Å². The number of aromatic carboxylic acids is 1. The van der Waals surface area contributed by atoms with E-state index in [-0.39, 0.29) is 0 Å². The van der Waals surface area contributed by atoms with Crippen molar-refractivity contribution in [2.24, 2.45) is 5.92 Å². The maximum Gasteiger partial charge on any atom is 0.335 e. The quantitative estimate of drug-likeness (QED) is 0.881. The lowest BCUT2D eigenvalue weighted by molar-refractivity contribution is 0.0697. The number of carbonyl (C=O) groups is 1.